The molecule has 0 heterocycles. The highest BCUT2D eigenvalue weighted by Gasteiger charge is 2.38. The van der Waals surface area contributed by atoms with Crippen LogP contribution in [0.15, 0.2) is 0 Å². The Morgan fingerprint density at radius 2 is 1.88 bits per heavy atom. The normalized spacial score (nSPS) is 21.6. The quantitative estimate of drug-likeness (QED) is 0.731. The van der Waals surface area contributed by atoms with Crippen molar-refractivity contribution in [2.75, 3.05) is 13.6 Å². The fraction of sp³-hybridized carbons (Fsp3) is 0.900. The third-order valence-corrected chi connectivity index (χ3v) is 5.37. The number of carboxylic acid groups (broad SMARTS) is 1. The van der Waals surface area contributed by atoms with Crippen LogP contribution in [-0.2, 0) is 14.8 Å². The van der Waals surface area contributed by atoms with Gasteiger partial charge < -0.3 is 10.2 Å². The van der Waals surface area contributed by atoms with Gasteiger partial charge in [0.05, 0.1) is 5.60 Å². The average molecular weight is 265 g/mol. The van der Waals surface area contributed by atoms with E-state index in [9.17, 15) is 18.3 Å². The molecule has 0 saturated heterocycles. The van der Waals surface area contributed by atoms with Gasteiger partial charge in [-0.2, -0.15) is 0 Å². The number of rotatable bonds is 5. The van der Waals surface area contributed by atoms with Crippen LogP contribution in [0.5, 0.6) is 0 Å². The number of carbonyl (C=O) groups is 1. The fourth-order valence-electron chi connectivity index (χ4n) is 2.09. The maximum atomic E-state index is 11.8. The molecule has 1 unspecified atom stereocenters. The van der Waals surface area contributed by atoms with E-state index in [1.807, 2.05) is 0 Å². The van der Waals surface area contributed by atoms with Crippen molar-refractivity contribution in [1.29, 1.82) is 0 Å². The Morgan fingerprint density at radius 3 is 2.29 bits per heavy atom. The van der Waals surface area contributed by atoms with Crippen molar-refractivity contribution in [2.24, 2.45) is 0 Å². The van der Waals surface area contributed by atoms with E-state index < -0.39 is 26.8 Å². The van der Waals surface area contributed by atoms with Crippen LogP contribution in [0.2, 0.25) is 0 Å². The predicted molar refractivity (Wildman–Crippen MR) is 62.1 cm³/mol. The summed E-state index contributed by atoms with van der Waals surface area (Å²) in [5.41, 5.74) is -1.000. The van der Waals surface area contributed by atoms with Crippen molar-refractivity contribution in [3.8, 4) is 0 Å². The zero-order valence-electron chi connectivity index (χ0n) is 10.1. The SMILES string of the molecule is CC(C(=O)O)S(=O)(=O)N(C)CC1(O)CCCC1. The minimum absolute atomic E-state index is 0.0348. The van der Waals surface area contributed by atoms with E-state index in [-0.39, 0.29) is 6.54 Å². The van der Waals surface area contributed by atoms with E-state index in [0.29, 0.717) is 12.8 Å². The highest BCUT2D eigenvalue weighted by Crippen LogP contribution is 2.30. The first-order valence-electron chi connectivity index (χ1n) is 5.59. The summed E-state index contributed by atoms with van der Waals surface area (Å²) in [5, 5.41) is 17.3. The van der Waals surface area contributed by atoms with Gasteiger partial charge in [-0.05, 0) is 19.8 Å². The predicted octanol–water partition coefficient (Wildman–Crippen LogP) is 0.0262. The van der Waals surface area contributed by atoms with Crippen molar-refractivity contribution in [3.63, 3.8) is 0 Å². The van der Waals surface area contributed by atoms with Crippen molar-refractivity contribution >= 4 is 16.0 Å². The Bertz CT molecular complexity index is 386. The summed E-state index contributed by atoms with van der Waals surface area (Å²) < 4.78 is 24.6. The van der Waals surface area contributed by atoms with Crippen LogP contribution < -0.4 is 0 Å². The molecule has 7 heteroatoms. The molecule has 0 aromatic rings. The van der Waals surface area contributed by atoms with Crippen LogP contribution in [0.25, 0.3) is 0 Å². The Hall–Kier alpha value is -0.660. The molecule has 0 aromatic heterocycles. The molecule has 1 atom stereocenters. The molecule has 0 amide bonds. The second-order valence-electron chi connectivity index (χ2n) is 4.71. The van der Waals surface area contributed by atoms with E-state index in [2.05, 4.69) is 0 Å². The molecule has 1 aliphatic carbocycles. The number of nitrogens with zero attached hydrogens (tertiary/aromatic N) is 1. The molecule has 1 rings (SSSR count). The second kappa shape index (κ2) is 4.91. The van der Waals surface area contributed by atoms with Crippen molar-refractivity contribution < 1.29 is 23.4 Å². The van der Waals surface area contributed by atoms with Crippen LogP contribution in [0, 0.1) is 0 Å². The lowest BCUT2D eigenvalue weighted by Crippen LogP contribution is -2.46. The summed E-state index contributed by atoms with van der Waals surface area (Å²) in [6.07, 6.45) is 2.88. The number of aliphatic carboxylic acids is 1. The monoisotopic (exact) mass is 265 g/mol. The summed E-state index contributed by atoms with van der Waals surface area (Å²) in [6, 6.07) is 0. The number of likely N-dealkylation sites (N-methyl/N-ethyl adjacent to an activating group) is 1. The molecule has 1 aliphatic rings. The van der Waals surface area contributed by atoms with E-state index in [1.54, 1.807) is 0 Å². The minimum atomic E-state index is -3.89. The molecule has 17 heavy (non-hydrogen) atoms. The Labute approximate surface area is 101 Å². The van der Waals surface area contributed by atoms with Crippen molar-refractivity contribution in [3.05, 3.63) is 0 Å². The lowest BCUT2D eigenvalue weighted by Gasteiger charge is -2.29. The summed E-state index contributed by atoms with van der Waals surface area (Å²) in [4.78, 5) is 10.7. The highest BCUT2D eigenvalue weighted by molar-refractivity contribution is 7.90. The number of hydrogen-bond donors (Lipinski definition) is 2. The Morgan fingerprint density at radius 1 is 1.41 bits per heavy atom. The largest absolute Gasteiger partial charge is 0.480 e. The summed E-state index contributed by atoms with van der Waals surface area (Å²) >= 11 is 0. The molecule has 6 nitrogen and oxygen atoms in total. The van der Waals surface area contributed by atoms with Gasteiger partial charge >= 0.3 is 5.97 Å². The van der Waals surface area contributed by atoms with Gasteiger partial charge in [0.15, 0.2) is 5.25 Å². The van der Waals surface area contributed by atoms with Crippen LogP contribution in [0.4, 0.5) is 0 Å². The Kier molecular flexibility index (Phi) is 4.16. The number of aliphatic hydroxyl groups is 1. The van der Waals surface area contributed by atoms with Crippen LogP contribution in [-0.4, -0.2) is 53.3 Å². The topological polar surface area (TPSA) is 94.9 Å². The lowest BCUT2D eigenvalue weighted by molar-refractivity contribution is -0.136. The maximum absolute atomic E-state index is 11.8. The molecule has 0 radical (unpaired) electrons. The van der Waals surface area contributed by atoms with Crippen LogP contribution >= 0.6 is 0 Å². The van der Waals surface area contributed by atoms with Crippen LogP contribution in [0.1, 0.15) is 32.6 Å². The van der Waals surface area contributed by atoms with E-state index >= 15 is 0 Å². The average Bonchev–Trinajstić information content (AvgIpc) is 2.63. The highest BCUT2D eigenvalue weighted by atomic mass is 32.2. The molecule has 1 saturated carbocycles. The van der Waals surface area contributed by atoms with Crippen molar-refractivity contribution in [1.82, 2.24) is 4.31 Å². The smallest absolute Gasteiger partial charge is 0.323 e. The van der Waals surface area contributed by atoms with Gasteiger partial charge in [-0.15, -0.1) is 0 Å². The lowest BCUT2D eigenvalue weighted by atomic mass is 10.0. The molecule has 0 aliphatic heterocycles. The van der Waals surface area contributed by atoms with Crippen molar-refractivity contribution in [2.45, 2.75) is 43.5 Å². The molecule has 2 N–H and O–H groups in total. The number of hydrogen-bond acceptors (Lipinski definition) is 4. The Balaban J connectivity index is 2.76. The number of carboxylic acids is 1. The molecule has 100 valence electrons. The van der Waals surface area contributed by atoms with Gasteiger partial charge in [0, 0.05) is 13.6 Å². The third kappa shape index (κ3) is 3.17. The van der Waals surface area contributed by atoms with Crippen LogP contribution in [0.3, 0.4) is 0 Å². The van der Waals surface area contributed by atoms with Gasteiger partial charge in [0.25, 0.3) is 0 Å². The zero-order chi connectivity index (χ0) is 13.3. The number of sulfonamides is 1. The van der Waals surface area contributed by atoms with E-state index in [1.165, 1.54) is 7.05 Å². The molecule has 0 spiro atoms. The molecule has 0 aromatic carbocycles. The summed E-state index contributed by atoms with van der Waals surface area (Å²) in [5.74, 6) is -1.38. The third-order valence-electron chi connectivity index (χ3n) is 3.28. The molecular formula is C10H19NO5S. The minimum Gasteiger partial charge on any atom is -0.480 e. The summed E-state index contributed by atoms with van der Waals surface area (Å²) in [7, 11) is -2.58. The standard InChI is InChI=1S/C10H19NO5S/c1-8(9(12)13)17(15,16)11(2)7-10(14)5-3-4-6-10/h8,14H,3-7H2,1-2H3,(H,12,13). The molecule has 0 bridgehead atoms. The first kappa shape index (κ1) is 14.4. The van der Waals surface area contributed by atoms with Gasteiger partial charge in [-0.25, -0.2) is 12.7 Å². The summed E-state index contributed by atoms with van der Waals surface area (Å²) in [6.45, 7) is 1.10. The maximum Gasteiger partial charge on any atom is 0.323 e. The molecular weight excluding hydrogens is 246 g/mol. The van der Waals surface area contributed by atoms with Gasteiger partial charge in [0.1, 0.15) is 0 Å². The second-order valence-corrected chi connectivity index (χ2v) is 7.07. The van der Waals surface area contributed by atoms with E-state index in [0.717, 1.165) is 24.1 Å². The van der Waals surface area contributed by atoms with Gasteiger partial charge in [-0.1, -0.05) is 12.8 Å². The van der Waals surface area contributed by atoms with Gasteiger partial charge in [-0.3, -0.25) is 4.79 Å². The zero-order valence-corrected chi connectivity index (χ0v) is 10.9. The fourth-order valence-corrected chi connectivity index (χ4v) is 3.31. The van der Waals surface area contributed by atoms with E-state index in [4.69, 9.17) is 5.11 Å². The first-order valence-corrected chi connectivity index (χ1v) is 7.10. The van der Waals surface area contributed by atoms with Gasteiger partial charge in [0.2, 0.25) is 10.0 Å². The first-order chi connectivity index (χ1) is 7.69. The molecule has 1 fully saturated rings.